The van der Waals surface area contributed by atoms with E-state index < -0.39 is 0 Å². The highest BCUT2D eigenvalue weighted by Gasteiger charge is 2.23. The molecule has 0 bridgehead atoms. The molecule has 0 aromatic rings. The summed E-state index contributed by atoms with van der Waals surface area (Å²) in [5.41, 5.74) is 0. The molecule has 1 heterocycles. The second-order valence-electron chi connectivity index (χ2n) is 4.39. The lowest BCUT2D eigenvalue weighted by atomic mass is 10.1. The van der Waals surface area contributed by atoms with E-state index in [9.17, 15) is 5.11 Å². The van der Waals surface area contributed by atoms with Gasteiger partial charge >= 0.3 is 0 Å². The van der Waals surface area contributed by atoms with E-state index in [-0.39, 0.29) is 12.1 Å². The van der Waals surface area contributed by atoms with Crippen LogP contribution in [0.15, 0.2) is 0 Å². The topological polar surface area (TPSA) is 32.7 Å². The predicted molar refractivity (Wildman–Crippen MR) is 57.3 cm³/mol. The first-order chi connectivity index (χ1) is 6.65. The fraction of sp³-hybridized carbons (Fsp3) is 1.00. The average Bonchev–Trinajstić information content (AvgIpc) is 2.40. The number of hydrogen-bond donors (Lipinski definition) is 1. The van der Waals surface area contributed by atoms with E-state index in [1.165, 1.54) is 0 Å². The Kier molecular flexibility index (Phi) is 4.85. The second-order valence-corrected chi connectivity index (χ2v) is 4.39. The number of ether oxygens (including phenoxy) is 1. The molecule has 1 fully saturated rings. The molecule has 3 nitrogen and oxygen atoms in total. The minimum atomic E-state index is -0.208. The van der Waals surface area contributed by atoms with Gasteiger partial charge < -0.3 is 9.84 Å². The summed E-state index contributed by atoms with van der Waals surface area (Å²) in [4.78, 5) is 2.34. The normalized spacial score (nSPS) is 29.6. The van der Waals surface area contributed by atoms with Gasteiger partial charge in [-0.05, 0) is 19.3 Å². The number of aliphatic hydroxyl groups is 1. The van der Waals surface area contributed by atoms with Crippen LogP contribution in [0.25, 0.3) is 0 Å². The molecule has 84 valence electrons. The van der Waals surface area contributed by atoms with Crippen LogP contribution in [0.1, 0.15) is 27.2 Å². The van der Waals surface area contributed by atoms with Crippen LogP contribution in [0.5, 0.6) is 0 Å². The third kappa shape index (κ3) is 3.23. The van der Waals surface area contributed by atoms with Gasteiger partial charge in [-0.1, -0.05) is 13.8 Å². The SMILES string of the molecule is CCC(O)C(C)N1CCOCC(C)C1. The fourth-order valence-electron chi connectivity index (χ4n) is 1.97. The average molecular weight is 201 g/mol. The molecule has 1 N–H and O–H groups in total. The summed E-state index contributed by atoms with van der Waals surface area (Å²) < 4.78 is 5.48. The molecule has 0 aliphatic carbocycles. The highest BCUT2D eigenvalue weighted by Crippen LogP contribution is 2.13. The zero-order valence-corrected chi connectivity index (χ0v) is 9.57. The number of rotatable bonds is 3. The molecule has 1 aliphatic rings. The molecule has 14 heavy (non-hydrogen) atoms. The van der Waals surface area contributed by atoms with Gasteiger partial charge in [-0.15, -0.1) is 0 Å². The van der Waals surface area contributed by atoms with Crippen LogP contribution in [0, 0.1) is 5.92 Å². The Bertz CT molecular complexity index is 163. The van der Waals surface area contributed by atoms with Gasteiger partial charge in [0.25, 0.3) is 0 Å². The zero-order chi connectivity index (χ0) is 10.6. The summed E-state index contributed by atoms with van der Waals surface area (Å²) in [6, 6.07) is 0.254. The Morgan fingerprint density at radius 3 is 2.93 bits per heavy atom. The summed E-state index contributed by atoms with van der Waals surface area (Å²) >= 11 is 0. The molecular weight excluding hydrogens is 178 g/mol. The molecule has 0 aromatic carbocycles. The lowest BCUT2D eigenvalue weighted by Crippen LogP contribution is -2.43. The smallest absolute Gasteiger partial charge is 0.0690 e. The monoisotopic (exact) mass is 201 g/mol. The Labute approximate surface area is 87.1 Å². The van der Waals surface area contributed by atoms with Crippen LogP contribution in [0.2, 0.25) is 0 Å². The van der Waals surface area contributed by atoms with Crippen LogP contribution < -0.4 is 0 Å². The van der Waals surface area contributed by atoms with Crippen molar-refractivity contribution >= 4 is 0 Å². The third-order valence-electron chi connectivity index (χ3n) is 3.02. The van der Waals surface area contributed by atoms with Gasteiger partial charge in [-0.3, -0.25) is 4.90 Å². The molecule has 1 rings (SSSR count). The molecule has 1 saturated heterocycles. The highest BCUT2D eigenvalue weighted by molar-refractivity contribution is 4.77. The Morgan fingerprint density at radius 2 is 2.29 bits per heavy atom. The third-order valence-corrected chi connectivity index (χ3v) is 3.02. The summed E-state index contributed by atoms with van der Waals surface area (Å²) in [5.74, 6) is 0.573. The summed E-state index contributed by atoms with van der Waals surface area (Å²) in [6.07, 6.45) is 0.618. The largest absolute Gasteiger partial charge is 0.392 e. The van der Waals surface area contributed by atoms with Crippen molar-refractivity contribution in [3.05, 3.63) is 0 Å². The van der Waals surface area contributed by atoms with Crippen molar-refractivity contribution in [2.24, 2.45) is 5.92 Å². The number of hydrogen-bond acceptors (Lipinski definition) is 3. The van der Waals surface area contributed by atoms with Crippen LogP contribution in [0.4, 0.5) is 0 Å². The molecule has 0 spiro atoms. The van der Waals surface area contributed by atoms with Crippen LogP contribution in [-0.4, -0.2) is 48.5 Å². The first kappa shape index (κ1) is 12.0. The van der Waals surface area contributed by atoms with E-state index in [0.717, 1.165) is 32.7 Å². The van der Waals surface area contributed by atoms with Gasteiger partial charge in [0.15, 0.2) is 0 Å². The standard InChI is InChI=1S/C11H23NO2/c1-4-11(13)10(3)12-5-6-14-8-9(2)7-12/h9-11,13H,4-8H2,1-3H3. The highest BCUT2D eigenvalue weighted by atomic mass is 16.5. The van der Waals surface area contributed by atoms with Crippen molar-refractivity contribution in [3.63, 3.8) is 0 Å². The molecule has 0 amide bonds. The molecular formula is C11H23NO2. The maximum absolute atomic E-state index is 9.77. The van der Waals surface area contributed by atoms with E-state index in [2.05, 4.69) is 18.7 Å². The number of aliphatic hydroxyl groups excluding tert-OH is 1. The summed E-state index contributed by atoms with van der Waals surface area (Å²) in [7, 11) is 0. The number of nitrogens with zero attached hydrogens (tertiary/aromatic N) is 1. The van der Waals surface area contributed by atoms with Gasteiger partial charge in [0, 0.05) is 19.1 Å². The lowest BCUT2D eigenvalue weighted by molar-refractivity contribution is 0.0512. The van der Waals surface area contributed by atoms with Gasteiger partial charge in [0.1, 0.15) is 0 Å². The maximum atomic E-state index is 9.77. The molecule has 0 saturated carbocycles. The van der Waals surface area contributed by atoms with Crippen molar-refractivity contribution in [2.45, 2.75) is 39.3 Å². The summed E-state index contributed by atoms with van der Waals surface area (Å²) in [6.45, 7) is 9.96. The lowest BCUT2D eigenvalue weighted by Gasteiger charge is -2.31. The minimum Gasteiger partial charge on any atom is -0.392 e. The second kappa shape index (κ2) is 5.69. The molecule has 3 unspecified atom stereocenters. The molecule has 0 aromatic heterocycles. The zero-order valence-electron chi connectivity index (χ0n) is 9.57. The van der Waals surface area contributed by atoms with E-state index in [4.69, 9.17) is 4.74 Å². The Morgan fingerprint density at radius 1 is 1.57 bits per heavy atom. The summed E-state index contributed by atoms with van der Waals surface area (Å²) in [5, 5.41) is 9.77. The van der Waals surface area contributed by atoms with Gasteiger partial charge in [-0.2, -0.15) is 0 Å². The van der Waals surface area contributed by atoms with E-state index in [1.54, 1.807) is 0 Å². The van der Waals surface area contributed by atoms with Gasteiger partial charge in [0.05, 0.1) is 19.3 Å². The van der Waals surface area contributed by atoms with Crippen molar-refractivity contribution in [2.75, 3.05) is 26.3 Å². The minimum absolute atomic E-state index is 0.208. The molecule has 0 radical (unpaired) electrons. The van der Waals surface area contributed by atoms with Crippen molar-refractivity contribution < 1.29 is 9.84 Å². The van der Waals surface area contributed by atoms with E-state index in [0.29, 0.717) is 5.92 Å². The molecule has 3 heteroatoms. The van der Waals surface area contributed by atoms with Gasteiger partial charge in [0.2, 0.25) is 0 Å². The maximum Gasteiger partial charge on any atom is 0.0690 e. The van der Waals surface area contributed by atoms with Crippen LogP contribution in [0.3, 0.4) is 0 Å². The molecule has 3 atom stereocenters. The molecule has 1 aliphatic heterocycles. The quantitative estimate of drug-likeness (QED) is 0.742. The van der Waals surface area contributed by atoms with Crippen molar-refractivity contribution in [1.29, 1.82) is 0 Å². The van der Waals surface area contributed by atoms with Crippen LogP contribution in [-0.2, 0) is 4.74 Å². The van der Waals surface area contributed by atoms with Crippen molar-refractivity contribution in [1.82, 2.24) is 4.90 Å². The first-order valence-electron chi connectivity index (χ1n) is 5.65. The van der Waals surface area contributed by atoms with E-state index in [1.807, 2.05) is 6.92 Å². The van der Waals surface area contributed by atoms with Crippen molar-refractivity contribution in [3.8, 4) is 0 Å². The fourth-order valence-corrected chi connectivity index (χ4v) is 1.97. The van der Waals surface area contributed by atoms with Gasteiger partial charge in [-0.25, -0.2) is 0 Å². The van der Waals surface area contributed by atoms with Crippen LogP contribution >= 0.6 is 0 Å². The van der Waals surface area contributed by atoms with E-state index >= 15 is 0 Å². The predicted octanol–water partition coefficient (Wildman–Crippen LogP) is 1.11. The Balaban J connectivity index is 2.47. The first-order valence-corrected chi connectivity index (χ1v) is 5.65. The Hall–Kier alpha value is -0.120.